The first-order valence-electron chi connectivity index (χ1n) is 3.00. The molecule has 1 aromatic heterocycles. The predicted octanol–water partition coefficient (Wildman–Crippen LogP) is 1.21. The van der Waals surface area contributed by atoms with Crippen LogP contribution in [0.15, 0.2) is 22.8 Å². The monoisotopic (exact) mass is 150 g/mol. The molecule has 0 spiro atoms. The highest BCUT2D eigenvalue weighted by Crippen LogP contribution is 2.10. The normalized spacial score (nSPS) is 8.64. The van der Waals surface area contributed by atoms with Crippen LogP contribution in [0.4, 0.5) is 0 Å². The smallest absolute Gasteiger partial charge is 0.325 e. The number of furan rings is 1. The molecule has 0 N–H and O–H groups in total. The number of rotatable bonds is 2. The lowest BCUT2D eigenvalue weighted by Gasteiger charge is -1.94. The molecule has 0 unspecified atom stereocenters. The quantitative estimate of drug-likeness (QED) is 0.469. The van der Waals surface area contributed by atoms with Crippen LogP contribution in [0.3, 0.4) is 0 Å². The molecule has 0 aliphatic carbocycles. The largest absolute Gasteiger partial charge is 0.434 e. The Labute approximate surface area is 64.0 Å². The third-order valence-electron chi connectivity index (χ3n) is 0.956. The van der Waals surface area contributed by atoms with Crippen molar-refractivity contribution < 1.29 is 13.9 Å². The van der Waals surface area contributed by atoms with E-state index >= 15 is 0 Å². The van der Waals surface area contributed by atoms with Crippen LogP contribution in [0.2, 0.25) is 0 Å². The minimum Gasteiger partial charge on any atom is -0.434 e. The van der Waals surface area contributed by atoms with Gasteiger partial charge in [0.2, 0.25) is 0 Å². The lowest BCUT2D eigenvalue weighted by atomic mass is 10.5. The van der Waals surface area contributed by atoms with Crippen LogP contribution in [0, 0.1) is 12.3 Å². The fourth-order valence-corrected chi connectivity index (χ4v) is 0.553. The summed E-state index contributed by atoms with van der Waals surface area (Å²) >= 11 is 0. The molecular formula is C8H6O3. The summed E-state index contributed by atoms with van der Waals surface area (Å²) in [6.45, 7) is 0. The van der Waals surface area contributed by atoms with Crippen molar-refractivity contribution in [2.45, 2.75) is 6.42 Å². The maximum absolute atomic E-state index is 10.7. The summed E-state index contributed by atoms with van der Waals surface area (Å²) in [4.78, 5) is 10.7. The van der Waals surface area contributed by atoms with Crippen molar-refractivity contribution in [1.82, 2.24) is 0 Å². The van der Waals surface area contributed by atoms with E-state index < -0.39 is 5.97 Å². The van der Waals surface area contributed by atoms with Gasteiger partial charge in [-0.25, -0.2) is 0 Å². The molecule has 11 heavy (non-hydrogen) atoms. The Morgan fingerprint density at radius 3 is 3.18 bits per heavy atom. The molecule has 0 atom stereocenters. The summed E-state index contributed by atoms with van der Waals surface area (Å²) in [5.41, 5.74) is 0. The fraction of sp³-hybridized carbons (Fsp3) is 0.125. The lowest BCUT2D eigenvalue weighted by Crippen LogP contribution is -2.05. The highest BCUT2D eigenvalue weighted by Gasteiger charge is 2.03. The van der Waals surface area contributed by atoms with E-state index in [9.17, 15) is 4.79 Å². The number of terminal acetylenes is 1. The molecule has 0 fully saturated rings. The average Bonchev–Trinajstić information content (AvgIpc) is 2.40. The average molecular weight is 150 g/mol. The zero-order chi connectivity index (χ0) is 8.10. The SMILES string of the molecule is C#CCC(=O)Oc1ccco1. The molecule has 0 aliphatic heterocycles. The van der Waals surface area contributed by atoms with E-state index in [-0.39, 0.29) is 12.4 Å². The Hall–Kier alpha value is -1.69. The zero-order valence-electron chi connectivity index (χ0n) is 5.74. The Morgan fingerprint density at radius 2 is 2.64 bits per heavy atom. The van der Waals surface area contributed by atoms with Crippen LogP contribution < -0.4 is 4.74 Å². The molecule has 1 rings (SSSR count). The summed E-state index contributed by atoms with van der Waals surface area (Å²) in [5, 5.41) is 0. The van der Waals surface area contributed by atoms with Gasteiger partial charge in [-0.2, -0.15) is 0 Å². The van der Waals surface area contributed by atoms with Gasteiger partial charge < -0.3 is 9.15 Å². The van der Waals surface area contributed by atoms with Gasteiger partial charge in [0, 0.05) is 6.07 Å². The number of carbonyl (C=O) groups is 1. The van der Waals surface area contributed by atoms with Crippen molar-refractivity contribution >= 4 is 5.97 Å². The molecule has 0 saturated carbocycles. The van der Waals surface area contributed by atoms with E-state index in [1.54, 1.807) is 6.07 Å². The minimum atomic E-state index is -0.484. The van der Waals surface area contributed by atoms with Gasteiger partial charge in [-0.15, -0.1) is 6.42 Å². The standard InChI is InChI=1S/C8H6O3/c1-2-4-7(9)11-8-5-3-6-10-8/h1,3,5-6H,4H2. The van der Waals surface area contributed by atoms with Crippen molar-refractivity contribution in [1.29, 1.82) is 0 Å². The molecule has 3 heteroatoms. The third-order valence-corrected chi connectivity index (χ3v) is 0.956. The molecule has 0 amide bonds. The van der Waals surface area contributed by atoms with Crippen LogP contribution in [0.1, 0.15) is 6.42 Å². The predicted molar refractivity (Wildman–Crippen MR) is 37.8 cm³/mol. The van der Waals surface area contributed by atoms with E-state index in [1.165, 1.54) is 12.3 Å². The van der Waals surface area contributed by atoms with E-state index in [4.69, 9.17) is 10.8 Å². The number of esters is 1. The summed E-state index contributed by atoms with van der Waals surface area (Å²) in [5.74, 6) is 1.85. The highest BCUT2D eigenvalue weighted by molar-refractivity contribution is 5.74. The second-order valence-corrected chi connectivity index (χ2v) is 1.79. The van der Waals surface area contributed by atoms with Gasteiger partial charge in [-0.3, -0.25) is 4.79 Å². The summed E-state index contributed by atoms with van der Waals surface area (Å²) < 4.78 is 9.39. The van der Waals surface area contributed by atoms with Crippen LogP contribution in [0.5, 0.6) is 5.95 Å². The van der Waals surface area contributed by atoms with E-state index in [1.807, 2.05) is 0 Å². The van der Waals surface area contributed by atoms with Gasteiger partial charge in [0.05, 0.1) is 6.26 Å². The van der Waals surface area contributed by atoms with Crippen molar-refractivity contribution in [2.75, 3.05) is 0 Å². The first-order valence-corrected chi connectivity index (χ1v) is 3.00. The number of carbonyl (C=O) groups excluding carboxylic acids is 1. The summed E-state index contributed by atoms with van der Waals surface area (Å²) in [7, 11) is 0. The first kappa shape index (κ1) is 7.42. The number of hydrogen-bond acceptors (Lipinski definition) is 3. The van der Waals surface area contributed by atoms with Gasteiger partial charge in [0.25, 0.3) is 5.95 Å². The van der Waals surface area contributed by atoms with Crippen molar-refractivity contribution in [3.63, 3.8) is 0 Å². The first-order chi connectivity index (χ1) is 5.33. The maximum atomic E-state index is 10.7. The Morgan fingerprint density at radius 1 is 1.82 bits per heavy atom. The van der Waals surface area contributed by atoms with Crippen molar-refractivity contribution in [2.24, 2.45) is 0 Å². The lowest BCUT2D eigenvalue weighted by molar-refractivity contribution is -0.134. The van der Waals surface area contributed by atoms with Crippen LogP contribution in [0.25, 0.3) is 0 Å². The molecule has 3 nitrogen and oxygen atoms in total. The molecular weight excluding hydrogens is 144 g/mol. The van der Waals surface area contributed by atoms with Gasteiger partial charge in [-0.1, -0.05) is 5.92 Å². The van der Waals surface area contributed by atoms with Gasteiger partial charge in [0.1, 0.15) is 6.42 Å². The fourth-order valence-electron chi connectivity index (χ4n) is 0.553. The Kier molecular flexibility index (Phi) is 2.34. The van der Waals surface area contributed by atoms with Crippen LogP contribution in [-0.4, -0.2) is 5.97 Å². The molecule has 0 bridgehead atoms. The van der Waals surface area contributed by atoms with Crippen molar-refractivity contribution in [3.05, 3.63) is 18.4 Å². The van der Waals surface area contributed by atoms with Gasteiger partial charge in [-0.05, 0) is 6.07 Å². The van der Waals surface area contributed by atoms with E-state index in [0.29, 0.717) is 0 Å². The zero-order valence-corrected chi connectivity index (χ0v) is 5.74. The molecule has 56 valence electrons. The summed E-state index contributed by atoms with van der Waals surface area (Å²) in [6.07, 6.45) is 6.25. The molecule has 1 heterocycles. The number of ether oxygens (including phenoxy) is 1. The van der Waals surface area contributed by atoms with E-state index in [2.05, 4.69) is 10.7 Å². The topological polar surface area (TPSA) is 39.4 Å². The molecule has 0 saturated heterocycles. The number of hydrogen-bond donors (Lipinski definition) is 0. The van der Waals surface area contributed by atoms with E-state index in [0.717, 1.165) is 0 Å². The molecule has 0 radical (unpaired) electrons. The summed E-state index contributed by atoms with van der Waals surface area (Å²) in [6, 6.07) is 3.16. The second kappa shape index (κ2) is 3.47. The van der Waals surface area contributed by atoms with Crippen molar-refractivity contribution in [3.8, 4) is 18.3 Å². The second-order valence-electron chi connectivity index (χ2n) is 1.79. The maximum Gasteiger partial charge on any atom is 0.325 e. The minimum absolute atomic E-state index is 0.0410. The highest BCUT2D eigenvalue weighted by atomic mass is 16.6. The Bertz CT molecular complexity index is 266. The molecule has 0 aromatic carbocycles. The Balaban J connectivity index is 2.45. The molecule has 0 aliphatic rings. The van der Waals surface area contributed by atoms with Crippen LogP contribution >= 0.6 is 0 Å². The van der Waals surface area contributed by atoms with Gasteiger partial charge in [0.15, 0.2) is 0 Å². The molecule has 1 aromatic rings. The van der Waals surface area contributed by atoms with Gasteiger partial charge >= 0.3 is 5.97 Å². The van der Waals surface area contributed by atoms with Crippen LogP contribution in [-0.2, 0) is 4.79 Å². The third kappa shape index (κ3) is 2.18.